The van der Waals surface area contributed by atoms with E-state index in [0.717, 1.165) is 0 Å². The summed E-state index contributed by atoms with van der Waals surface area (Å²) in [5.74, 6) is 0.187. The summed E-state index contributed by atoms with van der Waals surface area (Å²) in [7, 11) is 0. The van der Waals surface area contributed by atoms with Gasteiger partial charge in [0.25, 0.3) is 0 Å². The Morgan fingerprint density at radius 3 is 2.76 bits per heavy atom. The van der Waals surface area contributed by atoms with Crippen LogP contribution in [0.2, 0.25) is 0 Å². The van der Waals surface area contributed by atoms with Crippen LogP contribution in [-0.4, -0.2) is 53.9 Å². The van der Waals surface area contributed by atoms with Gasteiger partial charge < -0.3 is 25.6 Å². The van der Waals surface area contributed by atoms with Gasteiger partial charge in [-0.25, -0.2) is 9.97 Å². The summed E-state index contributed by atoms with van der Waals surface area (Å²) in [6.45, 7) is -0.249. The predicted molar refractivity (Wildman–Crippen MR) is 76.2 cm³/mol. The van der Waals surface area contributed by atoms with Crippen molar-refractivity contribution in [1.82, 2.24) is 14.5 Å². The molecule has 0 radical (unpaired) electrons. The summed E-state index contributed by atoms with van der Waals surface area (Å²) in [5.41, 5.74) is 6.51. The summed E-state index contributed by atoms with van der Waals surface area (Å²) >= 11 is 1.23. The Morgan fingerprint density at radius 1 is 1.38 bits per heavy atom. The predicted octanol–water partition coefficient (Wildman–Crippen LogP) is -0.787. The van der Waals surface area contributed by atoms with E-state index < -0.39 is 22.8 Å². The van der Waals surface area contributed by atoms with Gasteiger partial charge in [-0.2, -0.15) is 5.26 Å². The van der Waals surface area contributed by atoms with Crippen LogP contribution < -0.4 is 5.73 Å². The van der Waals surface area contributed by atoms with E-state index in [-0.39, 0.29) is 12.4 Å². The Labute approximate surface area is 123 Å². The highest BCUT2D eigenvalue weighted by Crippen LogP contribution is 2.43. The molecule has 1 aliphatic rings. The van der Waals surface area contributed by atoms with Crippen LogP contribution in [0.3, 0.4) is 0 Å². The molecule has 1 saturated heterocycles. The number of nitriles is 1. The number of hydrogen-bond donors (Lipinski definition) is 4. The second kappa shape index (κ2) is 5.16. The van der Waals surface area contributed by atoms with Crippen LogP contribution in [0.1, 0.15) is 10.9 Å². The molecule has 0 aromatic carbocycles. The molecule has 0 saturated carbocycles. The quantitative estimate of drug-likeness (QED) is 0.566. The Balaban J connectivity index is 2.14. The van der Waals surface area contributed by atoms with Crippen molar-refractivity contribution >= 4 is 28.6 Å². The van der Waals surface area contributed by atoms with E-state index in [1.165, 1.54) is 24.3 Å². The Hall–Kier alpha value is -1.86. The highest BCUT2D eigenvalue weighted by atomic mass is 32.2. The summed E-state index contributed by atoms with van der Waals surface area (Å²) in [6, 6.07) is 2.02. The van der Waals surface area contributed by atoms with Crippen molar-refractivity contribution in [2.75, 3.05) is 12.3 Å². The number of thioether (sulfide) groups is 1. The van der Waals surface area contributed by atoms with Crippen molar-refractivity contribution in [3.8, 4) is 6.07 Å². The maximum Gasteiger partial charge on any atom is 0.147 e. The molecule has 21 heavy (non-hydrogen) atoms. The zero-order chi connectivity index (χ0) is 15.1. The van der Waals surface area contributed by atoms with E-state index in [1.807, 2.05) is 6.07 Å². The molecule has 3 heterocycles. The van der Waals surface area contributed by atoms with Crippen LogP contribution in [0, 0.1) is 11.3 Å². The van der Waals surface area contributed by atoms with Crippen LogP contribution in [0.15, 0.2) is 12.5 Å². The number of nitrogens with zero attached hydrogens (tertiary/aromatic N) is 4. The third-order valence-corrected chi connectivity index (χ3v) is 5.11. The van der Waals surface area contributed by atoms with Gasteiger partial charge in [-0.05, 0) is 0 Å². The van der Waals surface area contributed by atoms with Crippen molar-refractivity contribution in [2.24, 2.45) is 0 Å². The van der Waals surface area contributed by atoms with Gasteiger partial charge in [-0.15, -0.1) is 11.8 Å². The molecule has 0 aliphatic carbocycles. The molecule has 1 fully saturated rings. The lowest BCUT2D eigenvalue weighted by atomic mass is 10.1. The second-order valence-electron chi connectivity index (χ2n) is 4.75. The third-order valence-electron chi connectivity index (χ3n) is 3.55. The highest BCUT2D eigenvalue weighted by molar-refractivity contribution is 8.00. The number of rotatable bonds is 2. The summed E-state index contributed by atoms with van der Waals surface area (Å²) in [6.07, 6.45) is 0.683. The lowest BCUT2D eigenvalue weighted by Gasteiger charge is -2.17. The fourth-order valence-electron chi connectivity index (χ4n) is 2.50. The molecular weight excluding hydrogens is 294 g/mol. The van der Waals surface area contributed by atoms with Crippen molar-refractivity contribution in [3.05, 3.63) is 18.1 Å². The monoisotopic (exact) mass is 307 g/mol. The van der Waals surface area contributed by atoms with E-state index in [0.29, 0.717) is 16.6 Å². The van der Waals surface area contributed by atoms with E-state index in [9.17, 15) is 20.6 Å². The molecule has 4 atom stereocenters. The maximum atomic E-state index is 10.2. The lowest BCUT2D eigenvalue weighted by Crippen LogP contribution is -2.32. The van der Waals surface area contributed by atoms with Crippen molar-refractivity contribution in [3.63, 3.8) is 0 Å². The molecule has 8 nitrogen and oxygen atoms in total. The van der Waals surface area contributed by atoms with E-state index in [1.54, 1.807) is 4.57 Å². The smallest absolute Gasteiger partial charge is 0.147 e. The third kappa shape index (κ3) is 2.04. The van der Waals surface area contributed by atoms with Gasteiger partial charge >= 0.3 is 0 Å². The first-order chi connectivity index (χ1) is 10.1. The van der Waals surface area contributed by atoms with Crippen LogP contribution in [-0.2, 0) is 0 Å². The first-order valence-corrected chi connectivity index (χ1v) is 7.16. The molecule has 0 bridgehead atoms. The minimum Gasteiger partial charge on any atom is -0.395 e. The summed E-state index contributed by atoms with van der Waals surface area (Å²) < 4.78 is 1.60. The zero-order valence-electron chi connectivity index (χ0n) is 10.8. The number of aliphatic hydroxyl groups is 3. The molecular formula is C12H13N5O3S. The number of aliphatic hydroxyl groups excluding tert-OH is 3. The molecule has 9 heteroatoms. The minimum absolute atomic E-state index is 0.187. The van der Waals surface area contributed by atoms with E-state index >= 15 is 0 Å². The van der Waals surface area contributed by atoms with Gasteiger partial charge in [-0.3, -0.25) is 0 Å². The number of nitrogen functional groups attached to an aromatic ring is 1. The number of anilines is 1. The molecule has 1 aliphatic heterocycles. The fraction of sp³-hybridized carbons (Fsp3) is 0.417. The normalized spacial score (nSPS) is 28.9. The van der Waals surface area contributed by atoms with Crippen molar-refractivity contribution in [2.45, 2.75) is 22.8 Å². The number of hydrogen-bond acceptors (Lipinski definition) is 8. The average molecular weight is 307 g/mol. The van der Waals surface area contributed by atoms with Gasteiger partial charge in [-0.1, -0.05) is 0 Å². The second-order valence-corrected chi connectivity index (χ2v) is 6.11. The van der Waals surface area contributed by atoms with Crippen molar-refractivity contribution in [1.29, 1.82) is 5.26 Å². The summed E-state index contributed by atoms with van der Waals surface area (Å²) in [4.78, 5) is 7.98. The SMILES string of the molecule is N#Cc1cn([C@@H]2S[C@H](CO)C(O)C2O)c2ncnc(N)c12. The number of aromatic nitrogens is 3. The fourth-order valence-corrected chi connectivity index (χ4v) is 3.88. The molecule has 0 amide bonds. The highest BCUT2D eigenvalue weighted by Gasteiger charge is 2.43. The Morgan fingerprint density at radius 2 is 2.14 bits per heavy atom. The van der Waals surface area contributed by atoms with Crippen LogP contribution in [0.4, 0.5) is 5.82 Å². The van der Waals surface area contributed by atoms with E-state index in [4.69, 9.17) is 5.73 Å². The van der Waals surface area contributed by atoms with Gasteiger partial charge in [0.05, 0.1) is 28.9 Å². The van der Waals surface area contributed by atoms with Crippen LogP contribution >= 0.6 is 11.8 Å². The maximum absolute atomic E-state index is 10.2. The molecule has 3 rings (SSSR count). The van der Waals surface area contributed by atoms with Gasteiger partial charge in [0, 0.05) is 6.20 Å². The molecule has 2 aromatic rings. The van der Waals surface area contributed by atoms with E-state index in [2.05, 4.69) is 9.97 Å². The minimum atomic E-state index is -1.08. The largest absolute Gasteiger partial charge is 0.395 e. The molecule has 0 spiro atoms. The lowest BCUT2D eigenvalue weighted by molar-refractivity contribution is 0.0113. The van der Waals surface area contributed by atoms with Gasteiger partial charge in [0.2, 0.25) is 0 Å². The first-order valence-electron chi connectivity index (χ1n) is 6.22. The average Bonchev–Trinajstić information content (AvgIpc) is 2.99. The Bertz CT molecular complexity index is 727. The topological polar surface area (TPSA) is 141 Å². The van der Waals surface area contributed by atoms with Crippen LogP contribution in [0.25, 0.3) is 11.0 Å². The Kier molecular flexibility index (Phi) is 3.46. The van der Waals surface area contributed by atoms with Gasteiger partial charge in [0.1, 0.15) is 35.3 Å². The number of nitrogens with two attached hydrogens (primary N) is 1. The van der Waals surface area contributed by atoms with Crippen LogP contribution in [0.5, 0.6) is 0 Å². The van der Waals surface area contributed by atoms with Crippen molar-refractivity contribution < 1.29 is 15.3 Å². The molecule has 2 unspecified atom stereocenters. The van der Waals surface area contributed by atoms with Gasteiger partial charge in [0.15, 0.2) is 0 Å². The molecule has 5 N–H and O–H groups in total. The first kappa shape index (κ1) is 14.1. The zero-order valence-corrected chi connectivity index (χ0v) is 11.6. The molecule has 110 valence electrons. The molecule has 2 aromatic heterocycles. The number of fused-ring (bicyclic) bond motifs is 1. The standard InChI is InChI=1S/C12H13N5O3S/c13-1-5-2-17(11-7(5)10(14)15-4-16-11)12-9(20)8(19)6(3-18)21-12/h2,4,6,8-9,12,18-20H,3H2,(H2,14,15,16)/t6-,8?,9?,12-/m1/s1. The summed E-state index contributed by atoms with van der Waals surface area (Å²) in [5, 5.41) is 37.9.